The minimum atomic E-state index is -4.46. The van der Waals surface area contributed by atoms with E-state index in [1.54, 1.807) is 4.90 Å². The van der Waals surface area contributed by atoms with E-state index in [1.165, 1.54) is 18.5 Å². The van der Waals surface area contributed by atoms with Crippen molar-refractivity contribution in [1.82, 2.24) is 14.9 Å². The van der Waals surface area contributed by atoms with Crippen LogP contribution in [0.1, 0.15) is 32.9 Å². The van der Waals surface area contributed by atoms with Crippen molar-refractivity contribution < 1.29 is 18.0 Å². The number of nitrogens with zero attached hydrogens (tertiary/aromatic N) is 3. The molecule has 0 bridgehead atoms. The monoisotopic (exact) mass is 335 g/mol. The van der Waals surface area contributed by atoms with Crippen LogP contribution < -0.4 is 0 Å². The molecule has 0 aliphatic carbocycles. The van der Waals surface area contributed by atoms with Crippen LogP contribution in [0.15, 0.2) is 30.6 Å². The first-order valence-corrected chi connectivity index (χ1v) is 7.62. The molecule has 3 rings (SSSR count). The third-order valence-corrected chi connectivity index (χ3v) is 4.22. The van der Waals surface area contributed by atoms with Crippen LogP contribution in [0.25, 0.3) is 0 Å². The molecule has 0 saturated carbocycles. The molecule has 0 radical (unpaired) electrons. The van der Waals surface area contributed by atoms with Gasteiger partial charge in [-0.2, -0.15) is 13.2 Å². The third kappa shape index (κ3) is 3.25. The van der Waals surface area contributed by atoms with E-state index in [0.29, 0.717) is 25.9 Å². The van der Waals surface area contributed by atoms with Crippen LogP contribution in [0.5, 0.6) is 0 Å². The van der Waals surface area contributed by atoms with Gasteiger partial charge < -0.3 is 4.90 Å². The number of halogens is 3. The van der Waals surface area contributed by atoms with Crippen molar-refractivity contribution in [2.45, 2.75) is 25.9 Å². The summed E-state index contributed by atoms with van der Waals surface area (Å²) in [5.74, 6) is -0.389. The van der Waals surface area contributed by atoms with Crippen molar-refractivity contribution in [2.75, 3.05) is 13.1 Å². The predicted octanol–water partition coefficient (Wildman–Crippen LogP) is 3.04. The molecule has 1 aromatic heterocycles. The lowest BCUT2D eigenvalue weighted by molar-refractivity contribution is -0.137. The molecule has 0 N–H and O–H groups in total. The van der Waals surface area contributed by atoms with E-state index >= 15 is 0 Å². The first-order chi connectivity index (χ1) is 11.4. The number of aryl methyl sites for hydroxylation is 1. The minimum absolute atomic E-state index is 0.0542. The fraction of sp³-hybridized carbons (Fsp3) is 0.353. The minimum Gasteiger partial charge on any atom is -0.338 e. The first-order valence-electron chi connectivity index (χ1n) is 7.62. The summed E-state index contributed by atoms with van der Waals surface area (Å²) >= 11 is 0. The lowest BCUT2D eigenvalue weighted by atomic mass is 10.1. The van der Waals surface area contributed by atoms with Gasteiger partial charge in [-0.3, -0.25) is 4.79 Å². The normalized spacial score (nSPS) is 14.9. The Morgan fingerprint density at radius 2 is 1.92 bits per heavy atom. The van der Waals surface area contributed by atoms with E-state index in [-0.39, 0.29) is 11.5 Å². The summed E-state index contributed by atoms with van der Waals surface area (Å²) in [5, 5.41) is 0. The molecule has 24 heavy (non-hydrogen) atoms. The Morgan fingerprint density at radius 1 is 1.17 bits per heavy atom. The Hall–Kier alpha value is -2.44. The van der Waals surface area contributed by atoms with Crippen molar-refractivity contribution >= 4 is 5.91 Å². The highest BCUT2D eigenvalue weighted by atomic mass is 19.4. The van der Waals surface area contributed by atoms with Gasteiger partial charge >= 0.3 is 6.18 Å². The fourth-order valence-electron chi connectivity index (χ4n) is 2.90. The molecule has 0 spiro atoms. The number of fused-ring (bicyclic) bond motifs is 1. The van der Waals surface area contributed by atoms with Crippen molar-refractivity contribution in [3.63, 3.8) is 0 Å². The predicted molar refractivity (Wildman–Crippen MR) is 81.5 cm³/mol. The number of hydrogen-bond donors (Lipinski definition) is 0. The van der Waals surface area contributed by atoms with Gasteiger partial charge in [0.1, 0.15) is 6.33 Å². The number of hydrogen-bond acceptors (Lipinski definition) is 3. The van der Waals surface area contributed by atoms with Crippen molar-refractivity contribution in [3.8, 4) is 0 Å². The SMILES string of the molecule is Cc1ncnc2c1CCN(C(=O)c1cccc(C(F)(F)F)c1)CC2. The lowest BCUT2D eigenvalue weighted by Crippen LogP contribution is -2.33. The van der Waals surface area contributed by atoms with Gasteiger partial charge in [-0.05, 0) is 37.1 Å². The smallest absolute Gasteiger partial charge is 0.338 e. The fourth-order valence-corrected chi connectivity index (χ4v) is 2.90. The van der Waals surface area contributed by atoms with Gasteiger partial charge in [0.15, 0.2) is 0 Å². The largest absolute Gasteiger partial charge is 0.416 e. The zero-order chi connectivity index (χ0) is 17.3. The van der Waals surface area contributed by atoms with Crippen LogP contribution in [0.4, 0.5) is 13.2 Å². The maximum absolute atomic E-state index is 12.8. The Morgan fingerprint density at radius 3 is 2.67 bits per heavy atom. The van der Waals surface area contributed by atoms with Crippen LogP contribution in [-0.2, 0) is 19.0 Å². The molecule has 0 fully saturated rings. The van der Waals surface area contributed by atoms with Crippen LogP contribution in [-0.4, -0.2) is 33.9 Å². The number of amides is 1. The number of alkyl halides is 3. The van der Waals surface area contributed by atoms with Crippen LogP contribution in [0, 0.1) is 6.92 Å². The number of carbonyl (C=O) groups is 1. The molecule has 1 aliphatic rings. The molecule has 2 aromatic rings. The van der Waals surface area contributed by atoms with Crippen molar-refractivity contribution in [3.05, 3.63) is 58.7 Å². The summed E-state index contributed by atoms with van der Waals surface area (Å²) in [7, 11) is 0. The summed E-state index contributed by atoms with van der Waals surface area (Å²) in [4.78, 5) is 22.6. The Balaban J connectivity index is 1.81. The highest BCUT2D eigenvalue weighted by Gasteiger charge is 2.31. The molecule has 2 heterocycles. The molecule has 0 unspecified atom stereocenters. The van der Waals surface area contributed by atoms with E-state index in [2.05, 4.69) is 9.97 Å². The van der Waals surface area contributed by atoms with Crippen LogP contribution >= 0.6 is 0 Å². The number of carbonyl (C=O) groups excluding carboxylic acids is 1. The van der Waals surface area contributed by atoms with E-state index in [9.17, 15) is 18.0 Å². The molecule has 0 atom stereocenters. The van der Waals surface area contributed by atoms with Crippen molar-refractivity contribution in [1.29, 1.82) is 0 Å². The molecule has 1 aromatic carbocycles. The highest BCUT2D eigenvalue weighted by Crippen LogP contribution is 2.30. The second kappa shape index (κ2) is 6.22. The van der Waals surface area contributed by atoms with Gasteiger partial charge in [0.05, 0.1) is 5.56 Å². The number of rotatable bonds is 1. The van der Waals surface area contributed by atoms with E-state index < -0.39 is 11.7 Å². The van der Waals surface area contributed by atoms with Gasteiger partial charge in [0, 0.05) is 36.5 Å². The van der Waals surface area contributed by atoms with Gasteiger partial charge in [0.2, 0.25) is 0 Å². The molecular weight excluding hydrogens is 319 g/mol. The standard InChI is InChI=1S/C17H16F3N3O/c1-11-14-5-7-23(8-6-15(14)22-10-21-11)16(24)12-3-2-4-13(9-12)17(18,19)20/h2-4,9-10H,5-8H2,1H3. The molecule has 4 nitrogen and oxygen atoms in total. The van der Waals surface area contributed by atoms with Crippen LogP contribution in [0.3, 0.4) is 0 Å². The van der Waals surface area contributed by atoms with Crippen LogP contribution in [0.2, 0.25) is 0 Å². The summed E-state index contributed by atoms with van der Waals surface area (Å²) in [6, 6.07) is 4.55. The first kappa shape index (κ1) is 16.4. The summed E-state index contributed by atoms with van der Waals surface area (Å²) in [6.45, 7) is 2.76. The van der Waals surface area contributed by atoms with E-state index in [1.807, 2.05) is 6.92 Å². The lowest BCUT2D eigenvalue weighted by Gasteiger charge is -2.20. The van der Waals surface area contributed by atoms with Gasteiger partial charge in [0.25, 0.3) is 5.91 Å². The average Bonchev–Trinajstić information content (AvgIpc) is 2.77. The molecule has 1 amide bonds. The Bertz CT molecular complexity index is 774. The maximum atomic E-state index is 12.8. The second-order valence-electron chi connectivity index (χ2n) is 5.76. The molecule has 7 heteroatoms. The Kier molecular flexibility index (Phi) is 4.26. The number of benzene rings is 1. The summed E-state index contributed by atoms with van der Waals surface area (Å²) in [6.07, 6.45) is -1.79. The third-order valence-electron chi connectivity index (χ3n) is 4.22. The number of aromatic nitrogens is 2. The average molecular weight is 335 g/mol. The van der Waals surface area contributed by atoms with Gasteiger partial charge in [-0.25, -0.2) is 9.97 Å². The molecule has 0 saturated heterocycles. The van der Waals surface area contributed by atoms with Crippen molar-refractivity contribution in [2.24, 2.45) is 0 Å². The highest BCUT2D eigenvalue weighted by molar-refractivity contribution is 5.94. The summed E-state index contributed by atoms with van der Waals surface area (Å²) < 4.78 is 38.5. The van der Waals surface area contributed by atoms with E-state index in [4.69, 9.17) is 0 Å². The summed E-state index contributed by atoms with van der Waals surface area (Å²) in [5.41, 5.74) is 2.05. The maximum Gasteiger partial charge on any atom is 0.416 e. The van der Waals surface area contributed by atoms with E-state index in [0.717, 1.165) is 29.1 Å². The Labute approximate surface area is 137 Å². The zero-order valence-electron chi connectivity index (χ0n) is 13.1. The second-order valence-corrected chi connectivity index (χ2v) is 5.76. The zero-order valence-corrected chi connectivity index (χ0v) is 13.1. The molecule has 126 valence electrons. The van der Waals surface area contributed by atoms with Gasteiger partial charge in [-0.15, -0.1) is 0 Å². The van der Waals surface area contributed by atoms with Gasteiger partial charge in [-0.1, -0.05) is 6.07 Å². The quantitative estimate of drug-likeness (QED) is 0.805. The molecular formula is C17H16F3N3O. The molecule has 1 aliphatic heterocycles. The topological polar surface area (TPSA) is 46.1 Å².